The minimum Gasteiger partial charge on any atom is -0.300 e. The van der Waals surface area contributed by atoms with Crippen molar-refractivity contribution >= 4 is 32.2 Å². The second-order valence-electron chi connectivity index (χ2n) is 8.31. The molecule has 3 rings (SSSR count). The summed E-state index contributed by atoms with van der Waals surface area (Å²) in [6, 6.07) is 1.99. The van der Waals surface area contributed by atoms with Crippen LogP contribution in [0.1, 0.15) is 64.1 Å². The molecule has 2 heterocycles. The topological polar surface area (TPSA) is 98.1 Å². The summed E-state index contributed by atoms with van der Waals surface area (Å²) in [4.78, 5) is 30.2. The lowest BCUT2D eigenvalue weighted by Crippen LogP contribution is -2.35. The highest BCUT2D eigenvalue weighted by atomic mass is 32.2. The van der Waals surface area contributed by atoms with E-state index in [1.165, 1.54) is 28.0 Å². The minimum absolute atomic E-state index is 0.0658. The first-order valence-corrected chi connectivity index (χ1v) is 12.8. The zero-order chi connectivity index (χ0) is 21.9. The monoisotopic (exact) mass is 451 g/mol. The largest absolute Gasteiger partial charge is 0.300 e. The number of pyridine rings is 1. The van der Waals surface area contributed by atoms with Crippen LogP contribution in [0.4, 0.5) is 5.13 Å². The zero-order valence-corrected chi connectivity index (χ0v) is 19.3. The number of thiazole rings is 1. The van der Waals surface area contributed by atoms with Crippen LogP contribution in [0.15, 0.2) is 33.4 Å². The molecule has 0 aromatic carbocycles. The van der Waals surface area contributed by atoms with E-state index in [9.17, 15) is 18.0 Å². The summed E-state index contributed by atoms with van der Waals surface area (Å²) in [5.74, 6) is 0.0420. The molecule has 2 aromatic heterocycles. The van der Waals surface area contributed by atoms with Gasteiger partial charge in [0.2, 0.25) is 5.91 Å². The number of nitrogens with one attached hydrogen (secondary N) is 1. The summed E-state index contributed by atoms with van der Waals surface area (Å²) in [5.41, 5.74) is 0.0109. The molecule has 1 N–H and O–H groups in total. The molecule has 0 saturated heterocycles. The maximum absolute atomic E-state index is 13.0. The summed E-state index contributed by atoms with van der Waals surface area (Å²) in [6.45, 7) is 5.81. The van der Waals surface area contributed by atoms with Gasteiger partial charge in [-0.3, -0.25) is 9.59 Å². The molecule has 1 atom stereocenters. The van der Waals surface area contributed by atoms with E-state index in [1.54, 1.807) is 18.5 Å². The van der Waals surface area contributed by atoms with Gasteiger partial charge in [0.25, 0.3) is 5.56 Å². The van der Waals surface area contributed by atoms with Gasteiger partial charge in [0.1, 0.15) is 6.04 Å². The summed E-state index contributed by atoms with van der Waals surface area (Å²) in [5, 5.41) is 4.60. The Hall–Kier alpha value is -2.00. The highest BCUT2D eigenvalue weighted by Gasteiger charge is 2.32. The van der Waals surface area contributed by atoms with E-state index in [0.717, 1.165) is 19.3 Å². The van der Waals surface area contributed by atoms with Crippen molar-refractivity contribution in [2.75, 3.05) is 5.32 Å². The molecule has 1 unspecified atom stereocenters. The average Bonchev–Trinajstić information content (AvgIpc) is 3.37. The molecule has 164 valence electrons. The van der Waals surface area contributed by atoms with Crippen molar-refractivity contribution in [1.82, 2.24) is 9.55 Å². The Morgan fingerprint density at radius 3 is 2.53 bits per heavy atom. The molecule has 2 aromatic rings. The number of sulfone groups is 1. The Morgan fingerprint density at radius 1 is 1.27 bits per heavy atom. The van der Waals surface area contributed by atoms with Gasteiger partial charge in [-0.15, -0.1) is 11.3 Å². The van der Waals surface area contributed by atoms with Crippen LogP contribution in [0.25, 0.3) is 0 Å². The van der Waals surface area contributed by atoms with E-state index in [1.807, 2.05) is 0 Å². The number of hydrogen-bond acceptors (Lipinski definition) is 6. The smallest absolute Gasteiger partial charge is 0.252 e. The summed E-state index contributed by atoms with van der Waals surface area (Å²) in [6.07, 6.45) is 5.90. The van der Waals surface area contributed by atoms with Crippen LogP contribution in [0, 0.1) is 12.8 Å². The van der Waals surface area contributed by atoms with Gasteiger partial charge in [-0.1, -0.05) is 26.7 Å². The molecule has 1 saturated carbocycles. The SMILES string of the molecule is Cc1cc(S(=O)(=O)C2CCCC2)cc(=O)n1C(CCC(C)C)C(=O)Nc1nccs1. The predicted octanol–water partition coefficient (Wildman–Crippen LogP) is 3.95. The van der Waals surface area contributed by atoms with Crippen LogP contribution in [0.5, 0.6) is 0 Å². The van der Waals surface area contributed by atoms with Crippen molar-refractivity contribution in [1.29, 1.82) is 0 Å². The van der Waals surface area contributed by atoms with Crippen LogP contribution in [0.2, 0.25) is 0 Å². The van der Waals surface area contributed by atoms with Crippen molar-refractivity contribution < 1.29 is 13.2 Å². The van der Waals surface area contributed by atoms with Crippen LogP contribution in [-0.2, 0) is 14.6 Å². The third kappa shape index (κ3) is 5.00. The number of hydrogen-bond donors (Lipinski definition) is 1. The lowest BCUT2D eigenvalue weighted by Gasteiger charge is -2.23. The fourth-order valence-corrected chi connectivity index (χ4v) is 6.45. The van der Waals surface area contributed by atoms with Gasteiger partial charge < -0.3 is 9.88 Å². The molecular weight excluding hydrogens is 422 g/mol. The Kier molecular flexibility index (Phi) is 7.13. The van der Waals surface area contributed by atoms with E-state index in [-0.39, 0.29) is 10.8 Å². The van der Waals surface area contributed by atoms with Crippen LogP contribution in [-0.4, -0.2) is 29.1 Å². The summed E-state index contributed by atoms with van der Waals surface area (Å²) < 4.78 is 27.3. The summed E-state index contributed by atoms with van der Waals surface area (Å²) >= 11 is 1.31. The fraction of sp³-hybridized carbons (Fsp3) is 0.571. The number of aromatic nitrogens is 2. The quantitative estimate of drug-likeness (QED) is 0.655. The second kappa shape index (κ2) is 9.43. The van der Waals surface area contributed by atoms with Gasteiger partial charge in [0.15, 0.2) is 15.0 Å². The standard InChI is InChI=1S/C21H29N3O4S2/c1-14(2)8-9-18(20(26)23-21-22-10-11-29-21)24-15(3)12-17(13-19(24)25)30(27,28)16-6-4-5-7-16/h10-14,16,18H,4-9H2,1-3H3,(H,22,23,26). The second-order valence-corrected chi connectivity index (χ2v) is 11.4. The lowest BCUT2D eigenvalue weighted by atomic mass is 10.0. The van der Waals surface area contributed by atoms with Crippen LogP contribution in [0.3, 0.4) is 0 Å². The number of nitrogens with zero attached hydrogens (tertiary/aromatic N) is 2. The molecule has 1 aliphatic carbocycles. The molecule has 1 amide bonds. The van der Waals surface area contributed by atoms with Crippen molar-refractivity contribution in [2.45, 2.75) is 75.5 Å². The van der Waals surface area contributed by atoms with Crippen LogP contribution < -0.4 is 10.9 Å². The molecule has 1 fully saturated rings. The normalized spacial score (nSPS) is 16.1. The van der Waals surface area contributed by atoms with Crippen molar-refractivity contribution in [3.05, 3.63) is 39.8 Å². The molecule has 0 spiro atoms. The number of amides is 1. The molecule has 0 bridgehead atoms. The van der Waals surface area contributed by atoms with E-state index >= 15 is 0 Å². The molecular formula is C21H29N3O4S2. The maximum atomic E-state index is 13.0. The van der Waals surface area contributed by atoms with Crippen molar-refractivity contribution in [3.8, 4) is 0 Å². The molecule has 0 aliphatic heterocycles. The van der Waals surface area contributed by atoms with E-state index < -0.39 is 26.7 Å². The average molecular weight is 452 g/mol. The highest BCUT2D eigenvalue weighted by Crippen LogP contribution is 2.30. The Bertz CT molecular complexity index is 1040. The number of rotatable bonds is 8. The first-order valence-electron chi connectivity index (χ1n) is 10.4. The van der Waals surface area contributed by atoms with Gasteiger partial charge in [0, 0.05) is 23.3 Å². The molecule has 7 nitrogen and oxygen atoms in total. The fourth-order valence-electron chi connectivity index (χ4n) is 3.98. The summed E-state index contributed by atoms with van der Waals surface area (Å²) in [7, 11) is -3.54. The highest BCUT2D eigenvalue weighted by molar-refractivity contribution is 7.92. The number of carbonyl (C=O) groups is 1. The van der Waals surface area contributed by atoms with Crippen molar-refractivity contribution in [2.24, 2.45) is 5.92 Å². The molecule has 9 heteroatoms. The zero-order valence-electron chi connectivity index (χ0n) is 17.6. The molecule has 30 heavy (non-hydrogen) atoms. The Balaban J connectivity index is 1.96. The Morgan fingerprint density at radius 2 is 1.97 bits per heavy atom. The van der Waals surface area contributed by atoms with E-state index in [0.29, 0.717) is 36.0 Å². The van der Waals surface area contributed by atoms with E-state index in [2.05, 4.69) is 24.1 Å². The van der Waals surface area contributed by atoms with Crippen molar-refractivity contribution in [3.63, 3.8) is 0 Å². The van der Waals surface area contributed by atoms with Gasteiger partial charge >= 0.3 is 0 Å². The minimum atomic E-state index is -3.54. The predicted molar refractivity (Wildman–Crippen MR) is 119 cm³/mol. The molecule has 0 radical (unpaired) electrons. The van der Waals surface area contributed by atoms with E-state index in [4.69, 9.17) is 0 Å². The first-order chi connectivity index (χ1) is 14.2. The number of carbonyl (C=O) groups excluding carboxylic acids is 1. The first kappa shape index (κ1) is 22.7. The lowest BCUT2D eigenvalue weighted by molar-refractivity contribution is -0.119. The number of anilines is 1. The van der Waals surface area contributed by atoms with Gasteiger partial charge in [-0.25, -0.2) is 13.4 Å². The third-order valence-corrected chi connectivity index (χ3v) is 8.53. The third-order valence-electron chi connectivity index (χ3n) is 5.60. The Labute approximate surface area is 181 Å². The number of aryl methyl sites for hydroxylation is 1. The van der Waals surface area contributed by atoms with Gasteiger partial charge in [-0.05, 0) is 44.6 Å². The van der Waals surface area contributed by atoms with Gasteiger partial charge in [-0.2, -0.15) is 0 Å². The van der Waals surface area contributed by atoms with Gasteiger partial charge in [0.05, 0.1) is 10.1 Å². The maximum Gasteiger partial charge on any atom is 0.252 e. The van der Waals surface area contributed by atoms with Crippen LogP contribution >= 0.6 is 11.3 Å². The molecule has 1 aliphatic rings.